The Morgan fingerprint density at radius 2 is 1.87 bits per heavy atom. The number of benzene rings is 1. The Morgan fingerprint density at radius 3 is 2.62 bits per heavy atom. The zero-order valence-electron chi connectivity index (χ0n) is 22.1. The van der Waals surface area contributed by atoms with Gasteiger partial charge in [-0.3, -0.25) is 9.78 Å². The van der Waals surface area contributed by atoms with Gasteiger partial charge >= 0.3 is 6.03 Å². The fraction of sp³-hybridized carbons (Fsp3) is 0.357. The summed E-state index contributed by atoms with van der Waals surface area (Å²) >= 11 is 0. The van der Waals surface area contributed by atoms with E-state index in [9.17, 15) is 14.0 Å². The molecule has 39 heavy (non-hydrogen) atoms. The van der Waals surface area contributed by atoms with Crippen LogP contribution in [0.2, 0.25) is 0 Å². The highest BCUT2D eigenvalue weighted by molar-refractivity contribution is 5.99. The zero-order valence-corrected chi connectivity index (χ0v) is 22.1. The number of anilines is 3. The van der Waals surface area contributed by atoms with Gasteiger partial charge in [-0.15, -0.1) is 0 Å². The first-order chi connectivity index (χ1) is 18.9. The van der Waals surface area contributed by atoms with Gasteiger partial charge in [-0.25, -0.2) is 14.2 Å². The fourth-order valence-electron chi connectivity index (χ4n) is 4.44. The van der Waals surface area contributed by atoms with Gasteiger partial charge in [-0.1, -0.05) is 12.5 Å². The summed E-state index contributed by atoms with van der Waals surface area (Å²) in [6.45, 7) is 6.22. The number of pyridine rings is 2. The number of nitrogens with zero attached hydrogens (tertiary/aromatic N) is 3. The first-order valence-electron chi connectivity index (χ1n) is 13.2. The minimum Gasteiger partial charge on any atom is -0.397 e. The van der Waals surface area contributed by atoms with E-state index < -0.39 is 11.8 Å². The second-order valence-corrected chi connectivity index (χ2v) is 9.41. The summed E-state index contributed by atoms with van der Waals surface area (Å²) in [6, 6.07) is 8.95. The highest BCUT2D eigenvalue weighted by atomic mass is 19.1. The topological polar surface area (TPSA) is 137 Å². The standard InChI is InChI=1S/C28H35FN8O2/c1-2-32-26-22(27(38)33-10-13-37-11-4-3-5-12-37)7-9-24(35-26)20-6-8-25(23(29)15-20)36-28(39)34-17-19-14-21(30)18-31-16-19/h6-9,14-16,18H,2-5,10-13,17,30H2,1H3,(H,32,35)(H,33,38)(H2,34,36,39). The predicted octanol–water partition coefficient (Wildman–Crippen LogP) is 3.83. The molecule has 10 nitrogen and oxygen atoms in total. The van der Waals surface area contributed by atoms with Crippen molar-refractivity contribution in [3.05, 3.63) is 65.7 Å². The van der Waals surface area contributed by atoms with E-state index in [1.165, 1.54) is 37.6 Å². The molecule has 4 rings (SSSR count). The molecule has 3 heterocycles. The molecule has 0 unspecified atom stereocenters. The number of hydrogen-bond acceptors (Lipinski definition) is 7. The Balaban J connectivity index is 1.38. The Morgan fingerprint density at radius 1 is 1.05 bits per heavy atom. The average Bonchev–Trinajstić information content (AvgIpc) is 2.94. The van der Waals surface area contributed by atoms with Crippen LogP contribution in [-0.2, 0) is 6.54 Å². The lowest BCUT2D eigenvalue weighted by atomic mass is 10.1. The molecule has 1 aromatic carbocycles. The average molecular weight is 535 g/mol. The molecule has 0 spiro atoms. The van der Waals surface area contributed by atoms with Crippen molar-refractivity contribution < 1.29 is 14.0 Å². The monoisotopic (exact) mass is 534 g/mol. The van der Waals surface area contributed by atoms with Crippen LogP contribution in [0.4, 0.5) is 26.4 Å². The van der Waals surface area contributed by atoms with Crippen molar-refractivity contribution in [3.8, 4) is 11.3 Å². The molecule has 1 aliphatic rings. The number of likely N-dealkylation sites (tertiary alicyclic amines) is 1. The van der Waals surface area contributed by atoms with Crippen molar-refractivity contribution in [2.75, 3.05) is 49.1 Å². The van der Waals surface area contributed by atoms with E-state index in [0.29, 0.717) is 41.4 Å². The summed E-state index contributed by atoms with van der Waals surface area (Å²) in [5.74, 6) is -0.379. The maximum Gasteiger partial charge on any atom is 0.319 e. The largest absolute Gasteiger partial charge is 0.397 e. The summed E-state index contributed by atoms with van der Waals surface area (Å²) in [6.07, 6.45) is 6.78. The lowest BCUT2D eigenvalue weighted by Crippen LogP contribution is -2.37. The second kappa shape index (κ2) is 13.5. The first-order valence-corrected chi connectivity index (χ1v) is 13.2. The van der Waals surface area contributed by atoms with Crippen molar-refractivity contribution >= 4 is 29.1 Å². The number of nitrogen functional groups attached to an aromatic ring is 1. The Kier molecular flexibility index (Phi) is 9.63. The molecule has 11 heteroatoms. The van der Waals surface area contributed by atoms with Crippen LogP contribution < -0.4 is 27.0 Å². The first kappa shape index (κ1) is 27.8. The van der Waals surface area contributed by atoms with E-state index in [4.69, 9.17) is 5.73 Å². The number of carbonyl (C=O) groups excluding carboxylic acids is 2. The van der Waals surface area contributed by atoms with Crippen LogP contribution >= 0.6 is 0 Å². The molecule has 206 valence electrons. The number of urea groups is 1. The van der Waals surface area contributed by atoms with Crippen LogP contribution in [-0.4, -0.2) is 59.5 Å². The van der Waals surface area contributed by atoms with Crippen LogP contribution in [0.1, 0.15) is 42.1 Å². The number of carbonyl (C=O) groups is 2. The molecule has 1 aliphatic heterocycles. The molecule has 0 aliphatic carbocycles. The van der Waals surface area contributed by atoms with Crippen LogP contribution in [0.15, 0.2) is 48.8 Å². The smallest absolute Gasteiger partial charge is 0.319 e. The van der Waals surface area contributed by atoms with Crippen molar-refractivity contribution in [1.29, 1.82) is 0 Å². The lowest BCUT2D eigenvalue weighted by Gasteiger charge is -2.26. The molecule has 0 saturated carbocycles. The summed E-state index contributed by atoms with van der Waals surface area (Å²) in [5.41, 5.74) is 8.38. The van der Waals surface area contributed by atoms with Crippen LogP contribution in [0.5, 0.6) is 0 Å². The molecular weight excluding hydrogens is 499 g/mol. The van der Waals surface area contributed by atoms with Crippen LogP contribution in [0, 0.1) is 5.82 Å². The van der Waals surface area contributed by atoms with E-state index in [0.717, 1.165) is 25.2 Å². The fourth-order valence-corrected chi connectivity index (χ4v) is 4.44. The van der Waals surface area contributed by atoms with E-state index >= 15 is 0 Å². The van der Waals surface area contributed by atoms with Gasteiger partial charge in [0.1, 0.15) is 11.6 Å². The van der Waals surface area contributed by atoms with Gasteiger partial charge in [0.2, 0.25) is 0 Å². The summed E-state index contributed by atoms with van der Waals surface area (Å²) < 4.78 is 14.9. The van der Waals surface area contributed by atoms with Crippen molar-refractivity contribution in [3.63, 3.8) is 0 Å². The number of amides is 3. The van der Waals surface area contributed by atoms with Gasteiger partial charge < -0.3 is 31.9 Å². The highest BCUT2D eigenvalue weighted by Gasteiger charge is 2.16. The van der Waals surface area contributed by atoms with E-state index in [1.807, 2.05) is 6.92 Å². The summed E-state index contributed by atoms with van der Waals surface area (Å²) in [4.78, 5) is 36.1. The molecular formula is C28H35FN8O2. The van der Waals surface area contributed by atoms with Crippen molar-refractivity contribution in [2.45, 2.75) is 32.7 Å². The molecule has 1 fully saturated rings. The normalized spacial score (nSPS) is 13.5. The summed E-state index contributed by atoms with van der Waals surface area (Å²) in [5, 5.41) is 11.3. The minimum atomic E-state index is -0.611. The third-order valence-electron chi connectivity index (χ3n) is 6.43. The second-order valence-electron chi connectivity index (χ2n) is 9.41. The molecule has 0 bridgehead atoms. The van der Waals surface area contributed by atoms with Gasteiger partial charge in [0.05, 0.1) is 22.6 Å². The molecule has 3 aromatic rings. The number of aromatic nitrogens is 2. The van der Waals surface area contributed by atoms with Gasteiger partial charge in [-0.2, -0.15) is 0 Å². The molecule has 6 N–H and O–H groups in total. The predicted molar refractivity (Wildman–Crippen MR) is 151 cm³/mol. The van der Waals surface area contributed by atoms with Crippen LogP contribution in [0.25, 0.3) is 11.3 Å². The van der Waals surface area contributed by atoms with E-state index in [-0.39, 0.29) is 18.1 Å². The van der Waals surface area contributed by atoms with E-state index in [2.05, 4.69) is 36.1 Å². The maximum atomic E-state index is 14.9. The SMILES string of the molecule is CCNc1nc(-c2ccc(NC(=O)NCc3cncc(N)c3)c(F)c2)ccc1C(=O)NCCN1CCCCC1. The number of nitrogens with one attached hydrogen (secondary N) is 4. The number of halogens is 1. The third kappa shape index (κ3) is 7.87. The van der Waals surface area contributed by atoms with Gasteiger partial charge in [0.15, 0.2) is 0 Å². The number of rotatable bonds is 10. The Labute approximate surface area is 227 Å². The number of hydrogen-bond donors (Lipinski definition) is 5. The molecule has 3 amide bonds. The minimum absolute atomic E-state index is 0.0264. The van der Waals surface area contributed by atoms with Crippen molar-refractivity contribution in [2.24, 2.45) is 0 Å². The van der Waals surface area contributed by atoms with Gasteiger partial charge in [0, 0.05) is 44.1 Å². The summed E-state index contributed by atoms with van der Waals surface area (Å²) in [7, 11) is 0. The third-order valence-corrected chi connectivity index (χ3v) is 6.43. The zero-order chi connectivity index (χ0) is 27.6. The Bertz CT molecular complexity index is 1300. The van der Waals surface area contributed by atoms with Crippen LogP contribution in [0.3, 0.4) is 0 Å². The number of nitrogens with two attached hydrogens (primary N) is 1. The quantitative estimate of drug-likeness (QED) is 0.267. The molecule has 1 saturated heterocycles. The van der Waals surface area contributed by atoms with Gasteiger partial charge in [-0.05, 0) is 68.8 Å². The lowest BCUT2D eigenvalue weighted by molar-refractivity contribution is 0.0947. The molecule has 0 radical (unpaired) electrons. The number of piperidine rings is 1. The van der Waals surface area contributed by atoms with E-state index in [1.54, 1.807) is 30.5 Å². The maximum absolute atomic E-state index is 14.9. The highest BCUT2D eigenvalue weighted by Crippen LogP contribution is 2.26. The van der Waals surface area contributed by atoms with Crippen molar-refractivity contribution in [1.82, 2.24) is 25.5 Å². The molecule has 2 aromatic heterocycles. The van der Waals surface area contributed by atoms with Gasteiger partial charge in [0.25, 0.3) is 5.91 Å². The Hall–Kier alpha value is -4.25. The molecule has 0 atom stereocenters.